The molecule has 0 aromatic heterocycles. The highest BCUT2D eigenvalue weighted by Crippen LogP contribution is 2.14. The number of hydrogen-bond acceptors (Lipinski definition) is 0. The van der Waals surface area contributed by atoms with Crippen LogP contribution in [0.2, 0.25) is 12.6 Å². The van der Waals surface area contributed by atoms with Crippen LogP contribution in [0.25, 0.3) is 0 Å². The second-order valence-electron chi connectivity index (χ2n) is 7.23. The van der Waals surface area contributed by atoms with Gasteiger partial charge in [-0.05, 0) is 6.04 Å². The molecular formula is C20H43ClSi. The fourth-order valence-electron chi connectivity index (χ4n) is 3.15. The van der Waals surface area contributed by atoms with Gasteiger partial charge in [-0.2, -0.15) is 11.1 Å². The van der Waals surface area contributed by atoms with Crippen LogP contribution in [0.5, 0.6) is 0 Å². The summed E-state index contributed by atoms with van der Waals surface area (Å²) in [6.45, 7) is 4.54. The Morgan fingerprint density at radius 2 is 0.773 bits per heavy atom. The van der Waals surface area contributed by atoms with Gasteiger partial charge in [-0.3, -0.25) is 0 Å². The third kappa shape index (κ3) is 20.5. The van der Waals surface area contributed by atoms with E-state index in [1.165, 1.54) is 115 Å². The molecule has 0 radical (unpaired) electrons. The normalized spacial score (nSPS) is 12.7. The molecule has 0 saturated heterocycles. The third-order valence-electron chi connectivity index (χ3n) is 4.71. The first-order valence-corrected chi connectivity index (χ1v) is 14.1. The van der Waals surface area contributed by atoms with Gasteiger partial charge in [0.05, 0.1) is 0 Å². The largest absolute Gasteiger partial charge is 0.172 e. The second kappa shape index (κ2) is 19.6. The van der Waals surface area contributed by atoms with Crippen LogP contribution in [0, 0.1) is 0 Å². The fraction of sp³-hybridized carbons (Fsp3) is 1.00. The lowest BCUT2D eigenvalue weighted by atomic mass is 10.0. The van der Waals surface area contributed by atoms with Gasteiger partial charge in [0.15, 0.2) is 0 Å². The fourth-order valence-corrected chi connectivity index (χ4v) is 4.46. The van der Waals surface area contributed by atoms with E-state index in [1.807, 2.05) is 0 Å². The first-order chi connectivity index (χ1) is 10.8. The van der Waals surface area contributed by atoms with E-state index in [0.29, 0.717) is 0 Å². The summed E-state index contributed by atoms with van der Waals surface area (Å²) in [7, 11) is -0.793. The van der Waals surface area contributed by atoms with Crippen molar-refractivity contribution in [2.45, 2.75) is 129 Å². The monoisotopic (exact) mass is 346 g/mol. The molecule has 0 aliphatic carbocycles. The smallest absolute Gasteiger partial charge is 0.138 e. The first kappa shape index (κ1) is 22.5. The zero-order chi connectivity index (χ0) is 16.3. The van der Waals surface area contributed by atoms with Crippen molar-refractivity contribution in [1.82, 2.24) is 0 Å². The molecular weight excluding hydrogens is 304 g/mol. The van der Waals surface area contributed by atoms with Crippen molar-refractivity contribution >= 4 is 19.2 Å². The summed E-state index contributed by atoms with van der Waals surface area (Å²) in [6.07, 6.45) is 24.7. The van der Waals surface area contributed by atoms with Crippen LogP contribution >= 0.6 is 11.1 Å². The Kier molecular flexibility index (Phi) is 20.0. The summed E-state index contributed by atoms with van der Waals surface area (Å²) in [4.78, 5) is 0. The van der Waals surface area contributed by atoms with E-state index in [1.54, 1.807) is 0 Å². The van der Waals surface area contributed by atoms with Crippen molar-refractivity contribution < 1.29 is 0 Å². The molecule has 0 aliphatic heterocycles. The van der Waals surface area contributed by atoms with E-state index < -0.39 is 8.11 Å². The minimum Gasteiger partial charge on any atom is -0.172 e. The summed E-state index contributed by atoms with van der Waals surface area (Å²) >= 11 is 6.09. The van der Waals surface area contributed by atoms with Crippen LogP contribution in [-0.4, -0.2) is 8.11 Å². The molecule has 0 aromatic rings. The number of halogens is 1. The predicted molar refractivity (Wildman–Crippen MR) is 108 cm³/mol. The van der Waals surface area contributed by atoms with Crippen molar-refractivity contribution in [3.8, 4) is 0 Å². The molecule has 134 valence electrons. The summed E-state index contributed by atoms with van der Waals surface area (Å²) in [5.41, 5.74) is 0. The number of hydrogen-bond donors (Lipinski definition) is 0. The van der Waals surface area contributed by atoms with Crippen LogP contribution in [0.1, 0.15) is 116 Å². The molecule has 0 N–H and O–H groups in total. The Balaban J connectivity index is 2.94. The maximum absolute atomic E-state index is 6.09. The van der Waals surface area contributed by atoms with E-state index in [9.17, 15) is 0 Å². The standard InChI is InChI=1S/C20H43ClSi/c1-3-4-5-6-7-8-9-10-11-12-13-14-15-16-17-18-19-20-22(2)21/h22H,3-20H2,1-2H3. The summed E-state index contributed by atoms with van der Waals surface area (Å²) in [5.74, 6) is 0. The number of unbranched alkanes of at least 4 members (excludes halogenated alkanes) is 16. The van der Waals surface area contributed by atoms with Gasteiger partial charge in [0.2, 0.25) is 0 Å². The Hall–Kier alpha value is 0.507. The summed E-state index contributed by atoms with van der Waals surface area (Å²) < 4.78 is 0. The van der Waals surface area contributed by atoms with Crippen molar-refractivity contribution in [1.29, 1.82) is 0 Å². The van der Waals surface area contributed by atoms with Crippen LogP contribution in [-0.2, 0) is 0 Å². The van der Waals surface area contributed by atoms with Crippen LogP contribution in [0.4, 0.5) is 0 Å². The Morgan fingerprint density at radius 1 is 0.500 bits per heavy atom. The second-order valence-corrected chi connectivity index (χ2v) is 11.6. The van der Waals surface area contributed by atoms with Crippen molar-refractivity contribution in [3.05, 3.63) is 0 Å². The van der Waals surface area contributed by atoms with E-state index >= 15 is 0 Å². The molecule has 0 aromatic carbocycles. The number of rotatable bonds is 18. The molecule has 1 unspecified atom stereocenters. The topological polar surface area (TPSA) is 0 Å². The molecule has 0 spiro atoms. The van der Waals surface area contributed by atoms with Crippen LogP contribution in [0.3, 0.4) is 0 Å². The lowest BCUT2D eigenvalue weighted by molar-refractivity contribution is 0.529. The highest BCUT2D eigenvalue weighted by atomic mass is 35.6. The molecule has 0 saturated carbocycles. The van der Waals surface area contributed by atoms with Gasteiger partial charge in [0.1, 0.15) is 8.11 Å². The average Bonchev–Trinajstić information content (AvgIpc) is 2.50. The van der Waals surface area contributed by atoms with Crippen molar-refractivity contribution in [2.24, 2.45) is 0 Å². The van der Waals surface area contributed by atoms with Gasteiger partial charge in [0.25, 0.3) is 0 Å². The van der Waals surface area contributed by atoms with Crippen LogP contribution < -0.4 is 0 Å². The Labute approximate surface area is 148 Å². The van der Waals surface area contributed by atoms with Crippen LogP contribution in [0.15, 0.2) is 0 Å². The minimum absolute atomic E-state index is 0.793. The zero-order valence-electron chi connectivity index (χ0n) is 15.7. The zero-order valence-corrected chi connectivity index (χ0v) is 17.6. The van der Waals surface area contributed by atoms with Gasteiger partial charge in [-0.25, -0.2) is 0 Å². The maximum Gasteiger partial charge on any atom is 0.138 e. The maximum atomic E-state index is 6.09. The molecule has 0 rings (SSSR count). The SMILES string of the molecule is CCCCCCCCCCCCCCCCCCC[SiH](C)Cl. The predicted octanol–water partition coefficient (Wildman–Crippen LogP) is 8.23. The molecule has 1 atom stereocenters. The van der Waals surface area contributed by atoms with E-state index in [4.69, 9.17) is 11.1 Å². The highest BCUT2D eigenvalue weighted by molar-refractivity contribution is 7.06. The Morgan fingerprint density at radius 3 is 1.05 bits per heavy atom. The highest BCUT2D eigenvalue weighted by Gasteiger charge is 1.98. The van der Waals surface area contributed by atoms with Gasteiger partial charge in [-0.15, -0.1) is 0 Å². The molecule has 0 fully saturated rings. The first-order valence-electron chi connectivity index (χ1n) is 10.4. The molecule has 22 heavy (non-hydrogen) atoms. The van der Waals surface area contributed by atoms with Gasteiger partial charge in [-0.1, -0.05) is 123 Å². The summed E-state index contributed by atoms with van der Waals surface area (Å²) in [6, 6.07) is 1.33. The van der Waals surface area contributed by atoms with E-state index in [2.05, 4.69) is 13.5 Å². The Bertz CT molecular complexity index is 194. The lowest BCUT2D eigenvalue weighted by Gasteiger charge is -2.04. The molecule has 0 aliphatic rings. The van der Waals surface area contributed by atoms with Crippen molar-refractivity contribution in [2.75, 3.05) is 0 Å². The average molecular weight is 347 g/mol. The molecule has 0 nitrogen and oxygen atoms in total. The molecule has 2 heteroatoms. The third-order valence-corrected chi connectivity index (χ3v) is 6.56. The summed E-state index contributed by atoms with van der Waals surface area (Å²) in [5, 5.41) is 0. The van der Waals surface area contributed by atoms with Crippen molar-refractivity contribution in [3.63, 3.8) is 0 Å². The molecule has 0 amide bonds. The quantitative estimate of drug-likeness (QED) is 0.133. The van der Waals surface area contributed by atoms with Gasteiger partial charge in [0, 0.05) is 0 Å². The minimum atomic E-state index is -0.793. The van der Waals surface area contributed by atoms with Gasteiger partial charge >= 0.3 is 0 Å². The van der Waals surface area contributed by atoms with E-state index in [0.717, 1.165) is 0 Å². The molecule has 0 bridgehead atoms. The lowest BCUT2D eigenvalue weighted by Crippen LogP contribution is -1.94. The molecule has 0 heterocycles. The van der Waals surface area contributed by atoms with E-state index in [-0.39, 0.29) is 0 Å². The van der Waals surface area contributed by atoms with Gasteiger partial charge < -0.3 is 0 Å².